The van der Waals surface area contributed by atoms with Crippen LogP contribution in [0.3, 0.4) is 0 Å². The molecule has 0 bridgehead atoms. The van der Waals surface area contributed by atoms with Crippen molar-refractivity contribution in [2.45, 2.75) is 19.4 Å². The quantitative estimate of drug-likeness (QED) is 0.495. The Kier molecular flexibility index (Phi) is 4.44. The maximum atomic E-state index is 12.8. The molecule has 0 saturated heterocycles. The number of nitro groups is 1. The molecule has 1 N–H and O–H groups in total. The highest BCUT2D eigenvalue weighted by molar-refractivity contribution is 7.22. The first-order valence-electron chi connectivity index (χ1n) is 8.30. The van der Waals surface area contributed by atoms with Gasteiger partial charge >= 0.3 is 0 Å². The van der Waals surface area contributed by atoms with Crippen LogP contribution in [-0.2, 0) is 9.59 Å². The first kappa shape index (κ1) is 18.3. The number of carbonyl (C=O) groups is 2. The topological polar surface area (TPSA) is 114 Å². The fourth-order valence-electron chi connectivity index (χ4n) is 3.11. The Morgan fingerprint density at radius 2 is 2.18 bits per heavy atom. The smallest absolute Gasteiger partial charge is 0.296 e. The first-order chi connectivity index (χ1) is 13.4. The Labute approximate surface area is 166 Å². The number of thiazole rings is 1. The molecule has 28 heavy (non-hydrogen) atoms. The van der Waals surface area contributed by atoms with Gasteiger partial charge in [0.05, 0.1) is 20.7 Å². The van der Waals surface area contributed by atoms with Gasteiger partial charge < -0.3 is 5.11 Å². The number of aliphatic hydroxyl groups is 1. The van der Waals surface area contributed by atoms with Crippen LogP contribution in [0.4, 0.5) is 10.8 Å². The second kappa shape index (κ2) is 6.80. The molecule has 0 spiro atoms. The van der Waals surface area contributed by atoms with Crippen LogP contribution in [0.1, 0.15) is 24.3 Å². The molecule has 1 atom stereocenters. The number of nitro benzene ring substituents is 1. The van der Waals surface area contributed by atoms with Crippen molar-refractivity contribution in [3.05, 3.63) is 62.0 Å². The number of non-ortho nitro benzene ring substituents is 1. The molecule has 10 heteroatoms. The van der Waals surface area contributed by atoms with Gasteiger partial charge in [-0.3, -0.25) is 24.6 Å². The molecule has 1 aliphatic rings. The van der Waals surface area contributed by atoms with Gasteiger partial charge in [0.15, 0.2) is 16.7 Å². The van der Waals surface area contributed by atoms with Crippen molar-refractivity contribution in [1.82, 2.24) is 4.98 Å². The van der Waals surface area contributed by atoms with Crippen LogP contribution in [0, 0.1) is 10.1 Å². The molecule has 0 saturated carbocycles. The van der Waals surface area contributed by atoms with E-state index < -0.39 is 22.6 Å². The standard InChI is InChI=1S/C18H13N3O5S2/c1-2-11(22)14-15(12-4-3-7-27-12)20(17(24)16(14)23)18-19-10-6-5-9(21(25)26)8-13(10)28-18/h3-8,15,23H,2H2,1H3. The number of aromatic nitrogens is 1. The predicted molar refractivity (Wildman–Crippen MR) is 106 cm³/mol. The lowest BCUT2D eigenvalue weighted by atomic mass is 10.0. The summed E-state index contributed by atoms with van der Waals surface area (Å²) in [5.74, 6) is -1.59. The van der Waals surface area contributed by atoms with Gasteiger partial charge in [-0.25, -0.2) is 4.98 Å². The number of hydrogen-bond donors (Lipinski definition) is 1. The molecule has 0 aliphatic carbocycles. The van der Waals surface area contributed by atoms with Crippen molar-refractivity contribution < 1.29 is 19.6 Å². The molecule has 8 nitrogen and oxygen atoms in total. The summed E-state index contributed by atoms with van der Waals surface area (Å²) in [7, 11) is 0. The van der Waals surface area contributed by atoms with Crippen molar-refractivity contribution in [2.24, 2.45) is 0 Å². The van der Waals surface area contributed by atoms with Gasteiger partial charge in [0.25, 0.3) is 11.6 Å². The van der Waals surface area contributed by atoms with E-state index >= 15 is 0 Å². The number of carbonyl (C=O) groups excluding carboxylic acids is 2. The highest BCUT2D eigenvalue weighted by Gasteiger charge is 2.45. The van der Waals surface area contributed by atoms with E-state index in [2.05, 4.69) is 4.98 Å². The molecule has 1 amide bonds. The Hall–Kier alpha value is -3.11. The van der Waals surface area contributed by atoms with Gasteiger partial charge in [0.1, 0.15) is 6.04 Å². The zero-order valence-electron chi connectivity index (χ0n) is 14.5. The zero-order chi connectivity index (χ0) is 20.0. The lowest BCUT2D eigenvalue weighted by Crippen LogP contribution is -2.30. The minimum absolute atomic E-state index is 0.0557. The van der Waals surface area contributed by atoms with Gasteiger partial charge in [-0.2, -0.15) is 0 Å². The van der Waals surface area contributed by atoms with Crippen LogP contribution < -0.4 is 4.90 Å². The van der Waals surface area contributed by atoms with E-state index in [1.807, 2.05) is 5.38 Å². The molecule has 3 aromatic rings. The van der Waals surface area contributed by atoms with Gasteiger partial charge in [0, 0.05) is 23.4 Å². The predicted octanol–water partition coefficient (Wildman–Crippen LogP) is 4.15. The van der Waals surface area contributed by atoms with E-state index in [0.29, 0.717) is 10.2 Å². The minimum Gasteiger partial charge on any atom is -0.503 e. The van der Waals surface area contributed by atoms with Gasteiger partial charge in [-0.15, -0.1) is 11.3 Å². The van der Waals surface area contributed by atoms with Crippen LogP contribution >= 0.6 is 22.7 Å². The molecule has 1 aliphatic heterocycles. The summed E-state index contributed by atoms with van der Waals surface area (Å²) < 4.78 is 0.539. The van der Waals surface area contributed by atoms with Crippen LogP contribution in [0.5, 0.6) is 0 Å². The summed E-state index contributed by atoms with van der Waals surface area (Å²) in [6, 6.07) is 7.07. The number of Topliss-reactive ketones (excluding diaryl/α,β-unsaturated/α-hetero) is 1. The normalized spacial score (nSPS) is 17.0. The summed E-state index contributed by atoms with van der Waals surface area (Å²) in [5.41, 5.74) is 0.478. The number of benzene rings is 1. The van der Waals surface area contributed by atoms with Crippen LogP contribution in [0.15, 0.2) is 47.0 Å². The van der Waals surface area contributed by atoms with E-state index in [1.54, 1.807) is 19.1 Å². The molecule has 142 valence electrons. The molecular formula is C18H13N3O5S2. The van der Waals surface area contributed by atoms with E-state index in [9.17, 15) is 24.8 Å². The number of fused-ring (bicyclic) bond motifs is 1. The third-order valence-electron chi connectivity index (χ3n) is 4.42. The zero-order valence-corrected chi connectivity index (χ0v) is 16.1. The molecular weight excluding hydrogens is 402 g/mol. The van der Waals surface area contributed by atoms with Crippen LogP contribution in [0.2, 0.25) is 0 Å². The van der Waals surface area contributed by atoms with Gasteiger partial charge in [0.2, 0.25) is 0 Å². The maximum Gasteiger partial charge on any atom is 0.296 e. The Balaban J connectivity index is 1.86. The number of anilines is 1. The lowest BCUT2D eigenvalue weighted by molar-refractivity contribution is -0.384. The Bertz CT molecular complexity index is 1150. The SMILES string of the molecule is CCC(=O)C1=C(O)C(=O)N(c2nc3ccc([N+](=O)[O-])cc3s2)C1c1cccs1. The van der Waals surface area contributed by atoms with Gasteiger partial charge in [-0.1, -0.05) is 24.3 Å². The number of nitrogens with zero attached hydrogens (tertiary/aromatic N) is 3. The minimum atomic E-state index is -0.768. The van der Waals surface area contributed by atoms with Crippen molar-refractivity contribution >= 4 is 55.4 Å². The van der Waals surface area contributed by atoms with E-state index in [4.69, 9.17) is 0 Å². The fraction of sp³-hybridized carbons (Fsp3) is 0.167. The van der Waals surface area contributed by atoms with Crippen LogP contribution in [-0.4, -0.2) is 26.7 Å². The van der Waals surface area contributed by atoms with Crippen LogP contribution in [0.25, 0.3) is 10.2 Å². The molecule has 3 heterocycles. The van der Waals surface area contributed by atoms with Crippen molar-refractivity contribution in [1.29, 1.82) is 0 Å². The molecule has 1 unspecified atom stereocenters. The molecule has 1 aromatic carbocycles. The summed E-state index contributed by atoms with van der Waals surface area (Å²) >= 11 is 2.46. The number of ketones is 1. The average Bonchev–Trinajstić information content (AvgIpc) is 3.39. The van der Waals surface area contributed by atoms with Gasteiger partial charge in [-0.05, 0) is 17.5 Å². The second-order valence-electron chi connectivity index (χ2n) is 6.04. The van der Waals surface area contributed by atoms with E-state index in [0.717, 1.165) is 16.2 Å². The second-order valence-corrected chi connectivity index (χ2v) is 8.03. The number of aliphatic hydroxyl groups excluding tert-OH is 1. The van der Waals surface area contributed by atoms with E-state index in [-0.39, 0.29) is 28.6 Å². The average molecular weight is 415 g/mol. The summed E-state index contributed by atoms with van der Waals surface area (Å²) in [4.78, 5) is 42.2. The summed E-state index contributed by atoms with van der Waals surface area (Å²) in [5, 5.41) is 23.5. The number of rotatable bonds is 5. The monoisotopic (exact) mass is 415 g/mol. The number of thiophene rings is 1. The molecule has 0 radical (unpaired) electrons. The fourth-order valence-corrected chi connectivity index (χ4v) is 4.96. The Morgan fingerprint density at radius 1 is 1.39 bits per heavy atom. The largest absolute Gasteiger partial charge is 0.503 e. The lowest BCUT2D eigenvalue weighted by Gasteiger charge is -2.22. The highest BCUT2D eigenvalue weighted by atomic mass is 32.1. The highest BCUT2D eigenvalue weighted by Crippen LogP contribution is 2.45. The third-order valence-corrected chi connectivity index (χ3v) is 6.36. The molecule has 2 aromatic heterocycles. The summed E-state index contributed by atoms with van der Waals surface area (Å²) in [6.45, 7) is 1.66. The maximum absolute atomic E-state index is 12.8. The molecule has 4 rings (SSSR count). The third kappa shape index (κ3) is 2.77. The van der Waals surface area contributed by atoms with Crippen molar-refractivity contribution in [3.63, 3.8) is 0 Å². The number of hydrogen-bond acceptors (Lipinski definition) is 8. The Morgan fingerprint density at radius 3 is 2.82 bits per heavy atom. The summed E-state index contributed by atoms with van der Waals surface area (Å²) in [6.07, 6.45) is 0.147. The van der Waals surface area contributed by atoms with Crippen molar-refractivity contribution in [2.75, 3.05) is 4.90 Å². The van der Waals surface area contributed by atoms with E-state index in [1.165, 1.54) is 34.4 Å². The molecule has 0 fully saturated rings. The number of amides is 1. The first-order valence-corrected chi connectivity index (χ1v) is 10.00. The van der Waals surface area contributed by atoms with Crippen molar-refractivity contribution in [3.8, 4) is 0 Å².